The smallest absolute Gasteiger partial charge is 0.311 e. The number of ether oxygens (including phenoxy) is 3. The van der Waals surface area contributed by atoms with Crippen LogP contribution in [0.5, 0.6) is 11.5 Å². The van der Waals surface area contributed by atoms with E-state index >= 15 is 8.87 Å². The van der Waals surface area contributed by atoms with Crippen molar-refractivity contribution in [3.8, 4) is 11.5 Å². The van der Waals surface area contributed by atoms with Gasteiger partial charge in [0.05, 0.1) is 43.3 Å². The van der Waals surface area contributed by atoms with Gasteiger partial charge in [0, 0.05) is 12.1 Å². The van der Waals surface area contributed by atoms with Crippen molar-refractivity contribution < 1.29 is 37.5 Å². The second kappa shape index (κ2) is 11.1. The largest absolute Gasteiger partial charge is 0.496 e. The standard InChI is InChI=1S/C31H42F2N2O6/c1-17(30(2)12-13-30)35(33)28(37)25-18-6-7-19(14-18)26(25)34-27(36)21-15-24(22(32)16-23(21)39-4)41-20-8-10-31(3,11-9-20)29(38)40-5/h15-20,25-26H,6-14H2,1-5H3,(H,34,36)/t17-,18-,19+,20?,25+,26-,31?/m1/s1. The molecule has 1 N–H and O–H groups in total. The molecule has 41 heavy (non-hydrogen) atoms. The summed E-state index contributed by atoms with van der Waals surface area (Å²) in [5.41, 5.74) is -0.713. The zero-order valence-corrected chi connectivity index (χ0v) is 24.6. The molecule has 1 aromatic rings. The molecule has 5 atom stereocenters. The number of fused-ring (bicyclic) bond motifs is 2. The van der Waals surface area contributed by atoms with Gasteiger partial charge >= 0.3 is 5.97 Å². The van der Waals surface area contributed by atoms with Gasteiger partial charge in [0.2, 0.25) is 0 Å². The summed E-state index contributed by atoms with van der Waals surface area (Å²) < 4.78 is 46.6. The average molecular weight is 577 g/mol. The summed E-state index contributed by atoms with van der Waals surface area (Å²) in [5.74, 6) is -2.59. The maximum atomic E-state index is 15.4. The van der Waals surface area contributed by atoms with Crippen LogP contribution < -0.4 is 14.8 Å². The van der Waals surface area contributed by atoms with Crippen LogP contribution in [0.15, 0.2) is 12.1 Å². The molecule has 0 spiro atoms. The Morgan fingerprint density at radius 1 is 1.00 bits per heavy atom. The van der Waals surface area contributed by atoms with Crippen LogP contribution in [0.25, 0.3) is 0 Å². The van der Waals surface area contributed by atoms with Crippen molar-refractivity contribution in [2.24, 2.45) is 28.6 Å². The van der Waals surface area contributed by atoms with Crippen molar-refractivity contribution in [2.45, 2.75) is 96.7 Å². The molecule has 0 heterocycles. The number of nitrogens with zero attached hydrogens (tertiary/aromatic N) is 1. The second-order valence-electron chi connectivity index (χ2n) is 13.2. The van der Waals surface area contributed by atoms with Gasteiger partial charge in [0.15, 0.2) is 11.6 Å². The number of nitrogens with one attached hydrogen (secondary N) is 1. The molecular formula is C31H42F2N2O6. The predicted molar refractivity (Wildman–Crippen MR) is 146 cm³/mol. The predicted octanol–water partition coefficient (Wildman–Crippen LogP) is 5.38. The molecule has 0 aliphatic heterocycles. The van der Waals surface area contributed by atoms with E-state index in [1.165, 1.54) is 20.3 Å². The number of carbonyl (C=O) groups excluding carboxylic acids is 3. The molecule has 5 rings (SSSR count). The summed E-state index contributed by atoms with van der Waals surface area (Å²) >= 11 is 0. The molecule has 226 valence electrons. The van der Waals surface area contributed by atoms with Crippen molar-refractivity contribution >= 4 is 17.8 Å². The van der Waals surface area contributed by atoms with Gasteiger partial charge in [-0.1, -0.05) is 11.4 Å². The minimum Gasteiger partial charge on any atom is -0.496 e. The molecule has 4 fully saturated rings. The van der Waals surface area contributed by atoms with Gasteiger partial charge in [-0.25, -0.2) is 4.39 Å². The van der Waals surface area contributed by atoms with Gasteiger partial charge in [-0.15, -0.1) is 0 Å². The van der Waals surface area contributed by atoms with Crippen LogP contribution in [-0.2, 0) is 14.3 Å². The third-order valence-electron chi connectivity index (χ3n) is 10.6. The van der Waals surface area contributed by atoms with Gasteiger partial charge in [-0.3, -0.25) is 14.4 Å². The van der Waals surface area contributed by atoms with Crippen molar-refractivity contribution in [2.75, 3.05) is 14.2 Å². The lowest BCUT2D eigenvalue weighted by Gasteiger charge is -2.35. The summed E-state index contributed by atoms with van der Waals surface area (Å²) in [5, 5.41) is 3.40. The third-order valence-corrected chi connectivity index (χ3v) is 10.6. The van der Waals surface area contributed by atoms with Crippen molar-refractivity contribution in [3.05, 3.63) is 23.5 Å². The van der Waals surface area contributed by atoms with Crippen LogP contribution in [0.1, 0.15) is 88.9 Å². The summed E-state index contributed by atoms with van der Waals surface area (Å²) in [6.07, 6.45) is 6.05. The topological polar surface area (TPSA) is 94.2 Å². The first-order valence-corrected chi connectivity index (χ1v) is 14.8. The van der Waals surface area contributed by atoms with Crippen LogP contribution in [0.3, 0.4) is 0 Å². The Balaban J connectivity index is 1.31. The van der Waals surface area contributed by atoms with E-state index in [0.717, 1.165) is 38.2 Å². The molecule has 4 aliphatic rings. The van der Waals surface area contributed by atoms with Gasteiger partial charge in [0.1, 0.15) is 5.75 Å². The van der Waals surface area contributed by atoms with Gasteiger partial charge in [-0.2, -0.15) is 5.12 Å². The molecule has 8 nitrogen and oxygen atoms in total. The van der Waals surface area contributed by atoms with E-state index in [2.05, 4.69) is 5.32 Å². The van der Waals surface area contributed by atoms with E-state index in [1.807, 2.05) is 13.8 Å². The fraction of sp³-hybridized carbons (Fsp3) is 0.710. The minimum absolute atomic E-state index is 0.0197. The molecule has 0 saturated heterocycles. The van der Waals surface area contributed by atoms with Crippen LogP contribution in [-0.4, -0.2) is 55.3 Å². The first kappa shape index (κ1) is 29.6. The van der Waals surface area contributed by atoms with E-state index < -0.39 is 41.0 Å². The summed E-state index contributed by atoms with van der Waals surface area (Å²) in [4.78, 5) is 39.2. The van der Waals surface area contributed by atoms with Crippen LogP contribution >= 0.6 is 0 Å². The molecule has 0 radical (unpaired) electrons. The highest BCUT2D eigenvalue weighted by Gasteiger charge is 2.55. The van der Waals surface area contributed by atoms with Crippen molar-refractivity contribution in [3.63, 3.8) is 0 Å². The quantitative estimate of drug-likeness (QED) is 0.313. The van der Waals surface area contributed by atoms with E-state index in [-0.39, 0.29) is 46.4 Å². The zero-order valence-electron chi connectivity index (χ0n) is 24.6. The number of hydrogen-bond acceptors (Lipinski definition) is 6. The molecule has 2 amide bonds. The minimum atomic E-state index is -0.664. The molecule has 0 aromatic heterocycles. The monoisotopic (exact) mass is 576 g/mol. The number of amides is 2. The SMILES string of the molecule is COC(=O)C1(C)CCC(Oc2cc(C(=O)N[C@@H]3[C@H]4CC[C@H](C4)[C@@H]3C(=O)N(F)[C@H](C)C3(C)CC3)c(OC)cc2F)CC1. The number of benzene rings is 1. The Morgan fingerprint density at radius 2 is 1.66 bits per heavy atom. The molecule has 10 heteroatoms. The van der Waals surface area contributed by atoms with E-state index in [9.17, 15) is 14.4 Å². The maximum absolute atomic E-state index is 15.4. The molecule has 4 aliphatic carbocycles. The van der Waals surface area contributed by atoms with E-state index in [4.69, 9.17) is 14.2 Å². The Bertz CT molecular complexity index is 1200. The van der Waals surface area contributed by atoms with E-state index in [1.54, 1.807) is 6.92 Å². The Morgan fingerprint density at radius 3 is 2.27 bits per heavy atom. The van der Waals surface area contributed by atoms with Crippen molar-refractivity contribution in [1.82, 2.24) is 10.4 Å². The van der Waals surface area contributed by atoms with Crippen molar-refractivity contribution in [1.29, 1.82) is 0 Å². The fourth-order valence-electron chi connectivity index (χ4n) is 7.25. The summed E-state index contributed by atoms with van der Waals surface area (Å²) in [6, 6.07) is 1.42. The highest BCUT2D eigenvalue weighted by molar-refractivity contribution is 5.98. The first-order chi connectivity index (χ1) is 19.4. The maximum Gasteiger partial charge on any atom is 0.311 e. The summed E-state index contributed by atoms with van der Waals surface area (Å²) in [6.45, 7) is 5.59. The molecular weight excluding hydrogens is 534 g/mol. The summed E-state index contributed by atoms with van der Waals surface area (Å²) in [7, 11) is 2.72. The fourth-order valence-corrected chi connectivity index (χ4v) is 7.25. The van der Waals surface area contributed by atoms with Crippen LogP contribution in [0, 0.1) is 34.4 Å². The number of hydrogen-bond donors (Lipinski definition) is 1. The lowest BCUT2D eigenvalue weighted by atomic mass is 9.75. The number of halogens is 2. The number of carbonyl (C=O) groups is 3. The lowest BCUT2D eigenvalue weighted by molar-refractivity contribution is -0.162. The number of methoxy groups -OCH3 is 2. The second-order valence-corrected chi connectivity index (χ2v) is 13.2. The normalized spacial score (nSPS) is 32.1. The van der Waals surface area contributed by atoms with Gasteiger partial charge in [-0.05, 0) is 95.0 Å². The van der Waals surface area contributed by atoms with Gasteiger partial charge in [0.25, 0.3) is 11.8 Å². The Kier molecular flexibility index (Phi) is 7.98. The average Bonchev–Trinajstić information content (AvgIpc) is 3.39. The lowest BCUT2D eigenvalue weighted by Crippen LogP contribution is -2.51. The number of esters is 1. The third kappa shape index (κ3) is 5.50. The number of rotatable bonds is 9. The molecule has 1 aromatic carbocycles. The highest BCUT2D eigenvalue weighted by Crippen LogP contribution is 2.53. The van der Waals surface area contributed by atoms with E-state index in [0.29, 0.717) is 30.8 Å². The molecule has 2 bridgehead atoms. The molecule has 4 saturated carbocycles. The van der Waals surface area contributed by atoms with Crippen LogP contribution in [0.2, 0.25) is 0 Å². The van der Waals surface area contributed by atoms with Gasteiger partial charge < -0.3 is 19.5 Å². The first-order valence-electron chi connectivity index (χ1n) is 14.8. The van der Waals surface area contributed by atoms with Crippen LogP contribution in [0.4, 0.5) is 8.87 Å². The highest BCUT2D eigenvalue weighted by atomic mass is 19.2. The molecule has 0 unspecified atom stereocenters. The Hall–Kier alpha value is -2.91. The zero-order chi connectivity index (χ0) is 29.7. The Labute approximate surface area is 240 Å².